The molecule has 44 heavy (non-hydrogen) atoms. The maximum absolute atomic E-state index is 12.6. The van der Waals surface area contributed by atoms with E-state index in [-0.39, 0.29) is 23.7 Å². The van der Waals surface area contributed by atoms with Crippen LogP contribution in [0.1, 0.15) is 61.3 Å². The summed E-state index contributed by atoms with van der Waals surface area (Å²) in [6.07, 6.45) is 1.81. The molecule has 5 rings (SSSR count). The highest BCUT2D eigenvalue weighted by molar-refractivity contribution is 5.96. The van der Waals surface area contributed by atoms with E-state index in [1.165, 1.54) is 0 Å². The molecule has 4 heterocycles. The van der Waals surface area contributed by atoms with Gasteiger partial charge in [0.1, 0.15) is 28.3 Å². The number of pyridine rings is 1. The van der Waals surface area contributed by atoms with Crippen molar-refractivity contribution in [2.24, 2.45) is 0 Å². The number of piperidine rings is 1. The standard InChI is InChI=1S/C31H39N7O6/c1-8-38-25-21(41-20-14-16-37(17-15-20)29(40)43-31(5,6)7)18-32-22(19-12-10-9-11-13-19)23(25)33-27(38)24-26(36-44-35-24)34-28(39)42-30(2,3)4/h9-13,18,20H,8,14-17H2,1-7H3,(H,34,36,39). The first-order valence-electron chi connectivity index (χ1n) is 14.7. The van der Waals surface area contributed by atoms with Crippen molar-refractivity contribution in [3.8, 4) is 28.5 Å². The molecule has 1 aliphatic rings. The average Bonchev–Trinajstić information content (AvgIpc) is 3.56. The molecule has 1 saturated heterocycles. The number of hydrogen-bond donors (Lipinski definition) is 1. The number of nitrogens with zero attached hydrogens (tertiary/aromatic N) is 6. The fourth-order valence-electron chi connectivity index (χ4n) is 4.98. The van der Waals surface area contributed by atoms with Crippen LogP contribution < -0.4 is 10.1 Å². The number of likely N-dealkylation sites (tertiary alicyclic amines) is 1. The molecule has 1 fully saturated rings. The maximum atomic E-state index is 12.6. The minimum atomic E-state index is -0.705. The van der Waals surface area contributed by atoms with Gasteiger partial charge in [0, 0.05) is 38.0 Å². The number of carbonyl (C=O) groups excluding carboxylic acids is 2. The van der Waals surface area contributed by atoms with E-state index in [9.17, 15) is 9.59 Å². The summed E-state index contributed by atoms with van der Waals surface area (Å²) in [4.78, 5) is 36.6. The summed E-state index contributed by atoms with van der Waals surface area (Å²) in [7, 11) is 0. The van der Waals surface area contributed by atoms with Crippen LogP contribution in [0.4, 0.5) is 15.4 Å². The van der Waals surface area contributed by atoms with Crippen molar-refractivity contribution >= 4 is 29.0 Å². The molecule has 0 bridgehead atoms. The van der Waals surface area contributed by atoms with Crippen LogP contribution >= 0.6 is 0 Å². The SMILES string of the molecule is CCn1c(-c2nonc2NC(=O)OC(C)(C)C)nc2c(-c3ccccc3)ncc(OC3CCN(C(=O)OC(C)(C)C)CC3)c21. The molecule has 234 valence electrons. The van der Waals surface area contributed by atoms with Gasteiger partial charge in [-0.3, -0.25) is 5.32 Å². The van der Waals surface area contributed by atoms with E-state index in [4.69, 9.17) is 28.8 Å². The van der Waals surface area contributed by atoms with Crippen LogP contribution in [0.3, 0.4) is 0 Å². The number of aryl methyl sites for hydroxylation is 1. The second-order valence-corrected chi connectivity index (χ2v) is 12.6. The lowest BCUT2D eigenvalue weighted by atomic mass is 10.1. The zero-order chi connectivity index (χ0) is 31.6. The Morgan fingerprint density at radius 2 is 1.66 bits per heavy atom. The number of aromatic nitrogens is 5. The molecule has 0 radical (unpaired) electrons. The molecule has 13 heteroatoms. The molecule has 1 aliphatic heterocycles. The number of hydrogen-bond acceptors (Lipinski definition) is 10. The molecule has 0 spiro atoms. The zero-order valence-corrected chi connectivity index (χ0v) is 26.2. The molecule has 13 nitrogen and oxygen atoms in total. The third kappa shape index (κ3) is 6.92. The zero-order valence-electron chi connectivity index (χ0n) is 26.2. The van der Waals surface area contributed by atoms with Gasteiger partial charge in [-0.05, 0) is 58.8 Å². The number of rotatable bonds is 6. The molecule has 0 atom stereocenters. The fourth-order valence-corrected chi connectivity index (χ4v) is 4.98. The van der Waals surface area contributed by atoms with Gasteiger partial charge in [-0.15, -0.1) is 0 Å². The van der Waals surface area contributed by atoms with Gasteiger partial charge in [-0.1, -0.05) is 30.3 Å². The van der Waals surface area contributed by atoms with Crippen LogP contribution in [0.25, 0.3) is 33.8 Å². The van der Waals surface area contributed by atoms with E-state index in [0.717, 1.165) is 11.1 Å². The summed E-state index contributed by atoms with van der Waals surface area (Å²) in [6, 6.07) is 9.74. The number of imidazole rings is 1. The van der Waals surface area contributed by atoms with E-state index in [1.54, 1.807) is 31.9 Å². The normalized spacial score (nSPS) is 14.5. The fraction of sp³-hybridized carbons (Fsp3) is 0.484. The smallest absolute Gasteiger partial charge is 0.413 e. The average molecular weight is 606 g/mol. The van der Waals surface area contributed by atoms with E-state index < -0.39 is 17.3 Å². The molecule has 4 aromatic rings. The summed E-state index contributed by atoms with van der Waals surface area (Å²) in [6.45, 7) is 14.4. The number of fused-ring (bicyclic) bond motifs is 1. The highest BCUT2D eigenvalue weighted by atomic mass is 16.6. The van der Waals surface area contributed by atoms with Gasteiger partial charge in [0.15, 0.2) is 17.3 Å². The molecule has 2 amide bonds. The van der Waals surface area contributed by atoms with Gasteiger partial charge in [0.2, 0.25) is 5.82 Å². The van der Waals surface area contributed by atoms with Crippen molar-refractivity contribution in [3.05, 3.63) is 36.5 Å². The van der Waals surface area contributed by atoms with Crippen molar-refractivity contribution in [2.45, 2.75) is 85.2 Å². The first-order valence-corrected chi connectivity index (χ1v) is 14.7. The molecule has 1 N–H and O–H groups in total. The molecular weight excluding hydrogens is 566 g/mol. The second kappa shape index (κ2) is 12.1. The predicted octanol–water partition coefficient (Wildman–Crippen LogP) is 6.29. The Bertz CT molecular complexity index is 1630. The Morgan fingerprint density at radius 3 is 2.30 bits per heavy atom. The van der Waals surface area contributed by atoms with Crippen molar-refractivity contribution < 1.29 is 28.4 Å². The Hall–Kier alpha value is -4.68. The van der Waals surface area contributed by atoms with E-state index in [2.05, 4.69) is 15.6 Å². The Morgan fingerprint density at radius 1 is 0.977 bits per heavy atom. The van der Waals surface area contributed by atoms with Crippen molar-refractivity contribution in [2.75, 3.05) is 18.4 Å². The summed E-state index contributed by atoms with van der Waals surface area (Å²) in [5.41, 5.74) is 1.85. The Balaban J connectivity index is 1.50. The lowest BCUT2D eigenvalue weighted by molar-refractivity contribution is 0.0127. The van der Waals surface area contributed by atoms with Gasteiger partial charge in [0.05, 0.1) is 11.9 Å². The van der Waals surface area contributed by atoms with Crippen LogP contribution in [0, 0.1) is 0 Å². The largest absolute Gasteiger partial charge is 0.486 e. The molecule has 3 aromatic heterocycles. The van der Waals surface area contributed by atoms with Crippen LogP contribution in [0.15, 0.2) is 41.2 Å². The van der Waals surface area contributed by atoms with Gasteiger partial charge in [-0.25, -0.2) is 24.2 Å². The predicted molar refractivity (Wildman–Crippen MR) is 163 cm³/mol. The van der Waals surface area contributed by atoms with Crippen LogP contribution in [-0.4, -0.2) is 72.3 Å². The number of nitrogens with one attached hydrogen (secondary N) is 1. The second-order valence-electron chi connectivity index (χ2n) is 12.6. The number of carbonyl (C=O) groups is 2. The van der Waals surface area contributed by atoms with E-state index in [1.807, 2.05) is 62.6 Å². The number of amides is 2. The summed E-state index contributed by atoms with van der Waals surface area (Å²) >= 11 is 0. The molecule has 1 aromatic carbocycles. The summed E-state index contributed by atoms with van der Waals surface area (Å²) < 4.78 is 24.5. The quantitative estimate of drug-likeness (QED) is 0.266. The highest BCUT2D eigenvalue weighted by Crippen LogP contribution is 2.38. The van der Waals surface area contributed by atoms with Crippen molar-refractivity contribution in [1.29, 1.82) is 0 Å². The monoisotopic (exact) mass is 605 g/mol. The van der Waals surface area contributed by atoms with Crippen LogP contribution in [-0.2, 0) is 16.0 Å². The molecule has 0 aliphatic carbocycles. The summed E-state index contributed by atoms with van der Waals surface area (Å²) in [5, 5.41) is 10.6. The first kappa shape index (κ1) is 30.8. The number of ether oxygens (including phenoxy) is 3. The van der Waals surface area contributed by atoms with Gasteiger partial charge in [0.25, 0.3) is 0 Å². The lowest BCUT2D eigenvalue weighted by Gasteiger charge is -2.33. The van der Waals surface area contributed by atoms with E-state index in [0.29, 0.717) is 55.3 Å². The maximum Gasteiger partial charge on any atom is 0.413 e. The van der Waals surface area contributed by atoms with Gasteiger partial charge < -0.3 is 23.7 Å². The molecular formula is C31H39N7O6. The van der Waals surface area contributed by atoms with Gasteiger partial charge >= 0.3 is 12.2 Å². The number of benzene rings is 1. The Labute approximate surface area is 255 Å². The van der Waals surface area contributed by atoms with Gasteiger partial charge in [-0.2, -0.15) is 0 Å². The summed E-state index contributed by atoms with van der Waals surface area (Å²) in [5.74, 6) is 1.05. The molecule has 0 unspecified atom stereocenters. The number of anilines is 1. The van der Waals surface area contributed by atoms with Crippen molar-refractivity contribution in [3.63, 3.8) is 0 Å². The van der Waals surface area contributed by atoms with Crippen LogP contribution in [0.2, 0.25) is 0 Å². The third-order valence-electron chi connectivity index (χ3n) is 6.81. The molecule has 0 saturated carbocycles. The minimum Gasteiger partial charge on any atom is -0.486 e. The lowest BCUT2D eigenvalue weighted by Crippen LogP contribution is -2.44. The third-order valence-corrected chi connectivity index (χ3v) is 6.81. The highest BCUT2D eigenvalue weighted by Gasteiger charge is 2.30. The minimum absolute atomic E-state index is 0.0791. The first-order chi connectivity index (χ1) is 20.8. The topological polar surface area (TPSA) is 147 Å². The van der Waals surface area contributed by atoms with E-state index >= 15 is 0 Å². The van der Waals surface area contributed by atoms with Crippen LogP contribution in [0.5, 0.6) is 5.75 Å². The van der Waals surface area contributed by atoms with Crippen molar-refractivity contribution in [1.82, 2.24) is 29.7 Å². The Kier molecular flexibility index (Phi) is 8.49.